The molecule has 1 aromatic carbocycles. The number of aromatic nitrogens is 1. The van der Waals surface area contributed by atoms with E-state index in [0.29, 0.717) is 12.3 Å². The lowest BCUT2D eigenvalue weighted by molar-refractivity contribution is -0.137. The fourth-order valence-electron chi connectivity index (χ4n) is 3.31. The molecule has 12 heteroatoms. The summed E-state index contributed by atoms with van der Waals surface area (Å²) in [5.74, 6) is -2.58. The second kappa shape index (κ2) is 8.05. The number of hydrogen-bond acceptors (Lipinski definition) is 5. The lowest BCUT2D eigenvalue weighted by Crippen LogP contribution is -2.55. The molecular weight excluding hydrogens is 489 g/mol. The number of pyridine rings is 1. The first kappa shape index (κ1) is 25.1. The molecule has 1 aliphatic heterocycles. The molecule has 0 spiro atoms. The highest BCUT2D eigenvalue weighted by molar-refractivity contribution is 7.93. The van der Waals surface area contributed by atoms with Gasteiger partial charge in [-0.2, -0.15) is 13.2 Å². The summed E-state index contributed by atoms with van der Waals surface area (Å²) in [4.78, 5) is 7.68. The Balaban J connectivity index is 2.06. The highest BCUT2D eigenvalue weighted by Gasteiger charge is 2.49. The highest BCUT2D eigenvalue weighted by atomic mass is 35.5. The Morgan fingerprint density at radius 2 is 1.85 bits per heavy atom. The van der Waals surface area contributed by atoms with E-state index >= 15 is 0 Å². The molecule has 1 aromatic heterocycles. The van der Waals surface area contributed by atoms with Gasteiger partial charge < -0.3 is 5.73 Å². The van der Waals surface area contributed by atoms with Crippen LogP contribution in [0, 0.1) is 5.82 Å². The number of nitrogens with zero attached hydrogens (tertiary/aromatic N) is 2. The Morgan fingerprint density at radius 1 is 1.21 bits per heavy atom. The van der Waals surface area contributed by atoms with E-state index in [1.54, 1.807) is 0 Å². The number of aliphatic imine (C=N–C) groups is 1. The fourth-order valence-corrected chi connectivity index (χ4v) is 5.25. The summed E-state index contributed by atoms with van der Waals surface area (Å²) in [5.41, 5.74) is 2.57. The molecule has 1 unspecified atom stereocenters. The van der Waals surface area contributed by atoms with Gasteiger partial charge in [-0.3, -0.25) is 9.98 Å². The number of hydrogen-bond donors (Lipinski definition) is 1. The molecule has 0 amide bonds. The standard InChI is InChI=1S/C21H19ClF5N3O2S/c1-19(2)18(28)30-20(3,10-33(19,31)32)13-6-11(4-5-15(13)23)7-16(24)17-14(22)8-12(9-29-17)21(25,26)27/h4-9H,10H2,1-3H3,(H2,28,30). The number of alkyl halides is 3. The molecule has 0 fully saturated rings. The lowest BCUT2D eigenvalue weighted by atomic mass is 9.91. The van der Waals surface area contributed by atoms with Crippen LogP contribution in [0.25, 0.3) is 11.9 Å². The van der Waals surface area contributed by atoms with Gasteiger partial charge in [0.15, 0.2) is 15.7 Å². The first-order chi connectivity index (χ1) is 15.0. The van der Waals surface area contributed by atoms with Crippen molar-refractivity contribution in [1.82, 2.24) is 4.98 Å². The van der Waals surface area contributed by atoms with E-state index in [0.717, 1.165) is 12.1 Å². The summed E-state index contributed by atoms with van der Waals surface area (Å²) in [6, 6.07) is 3.94. The molecule has 2 heterocycles. The van der Waals surface area contributed by atoms with Gasteiger partial charge in [0, 0.05) is 11.8 Å². The minimum absolute atomic E-state index is 0.0823. The topological polar surface area (TPSA) is 85.4 Å². The van der Waals surface area contributed by atoms with Crippen molar-refractivity contribution in [1.29, 1.82) is 0 Å². The SMILES string of the molecule is CC1(c2cc(C=C(F)c3ncc(C(F)(F)F)cc3Cl)ccc2F)CS(=O)(=O)C(C)(C)C(N)=N1. The Morgan fingerprint density at radius 3 is 2.39 bits per heavy atom. The van der Waals surface area contributed by atoms with Crippen molar-refractivity contribution in [2.75, 3.05) is 5.75 Å². The van der Waals surface area contributed by atoms with Gasteiger partial charge in [0.1, 0.15) is 27.6 Å². The summed E-state index contributed by atoms with van der Waals surface area (Å²) in [6.45, 7) is 4.18. The van der Waals surface area contributed by atoms with Crippen molar-refractivity contribution in [3.63, 3.8) is 0 Å². The third-order valence-corrected chi connectivity index (χ3v) is 8.49. The van der Waals surface area contributed by atoms with Crippen molar-refractivity contribution in [2.45, 2.75) is 37.2 Å². The predicted octanol–water partition coefficient (Wildman–Crippen LogP) is 5.14. The molecule has 2 aromatic rings. The van der Waals surface area contributed by atoms with Gasteiger partial charge in [0.05, 0.1) is 16.3 Å². The zero-order chi connectivity index (χ0) is 25.0. The summed E-state index contributed by atoms with van der Waals surface area (Å²) in [7, 11) is -3.81. The number of halogens is 6. The maximum absolute atomic E-state index is 14.8. The molecule has 0 aliphatic carbocycles. The fraction of sp³-hybridized carbons (Fsp3) is 0.333. The quantitative estimate of drug-likeness (QED) is 0.583. The molecule has 0 saturated heterocycles. The molecule has 3 rings (SSSR count). The maximum atomic E-state index is 14.8. The Kier molecular flexibility index (Phi) is 6.12. The molecule has 2 N–H and O–H groups in total. The molecule has 0 bridgehead atoms. The molecule has 0 radical (unpaired) electrons. The van der Waals surface area contributed by atoms with E-state index in [9.17, 15) is 30.4 Å². The predicted molar refractivity (Wildman–Crippen MR) is 116 cm³/mol. The molecular formula is C21H19ClF5N3O2S. The second-order valence-corrected chi connectivity index (χ2v) is 11.3. The van der Waals surface area contributed by atoms with Crippen molar-refractivity contribution in [3.05, 3.63) is 63.7 Å². The lowest BCUT2D eigenvalue weighted by Gasteiger charge is -2.38. The number of rotatable bonds is 3. The van der Waals surface area contributed by atoms with Crippen molar-refractivity contribution < 1.29 is 30.4 Å². The second-order valence-electron chi connectivity index (χ2n) is 8.32. The molecule has 0 saturated carbocycles. The number of nitrogens with two attached hydrogens (primary N) is 1. The first-order valence-electron chi connectivity index (χ1n) is 9.46. The molecule has 178 valence electrons. The zero-order valence-corrected chi connectivity index (χ0v) is 19.2. The summed E-state index contributed by atoms with van der Waals surface area (Å²) < 4.78 is 91.8. The molecule has 5 nitrogen and oxygen atoms in total. The largest absolute Gasteiger partial charge is 0.417 e. The highest BCUT2D eigenvalue weighted by Crippen LogP contribution is 2.39. The van der Waals surface area contributed by atoms with E-state index in [4.69, 9.17) is 17.3 Å². The Bertz CT molecular complexity index is 1290. The van der Waals surface area contributed by atoms with E-state index in [1.807, 2.05) is 0 Å². The van der Waals surface area contributed by atoms with Crippen LogP contribution in [0.4, 0.5) is 22.0 Å². The smallest absolute Gasteiger partial charge is 0.386 e. The molecule has 1 aliphatic rings. The van der Waals surface area contributed by atoms with Gasteiger partial charge in [0.2, 0.25) is 0 Å². The normalized spacial score (nSPS) is 22.7. The van der Waals surface area contributed by atoms with E-state index < -0.39 is 60.0 Å². The average Bonchev–Trinajstić information content (AvgIpc) is 2.66. The van der Waals surface area contributed by atoms with Crippen LogP contribution in [-0.4, -0.2) is 29.7 Å². The van der Waals surface area contributed by atoms with Crippen LogP contribution in [0.2, 0.25) is 5.02 Å². The van der Waals surface area contributed by atoms with Gasteiger partial charge in [-0.05, 0) is 50.6 Å². The van der Waals surface area contributed by atoms with E-state index in [2.05, 4.69) is 9.98 Å². The van der Waals surface area contributed by atoms with Gasteiger partial charge >= 0.3 is 6.18 Å². The first-order valence-corrected chi connectivity index (χ1v) is 11.5. The average molecular weight is 508 g/mol. The van der Waals surface area contributed by atoms with Crippen LogP contribution in [0.1, 0.15) is 43.2 Å². The maximum Gasteiger partial charge on any atom is 0.417 e. The minimum Gasteiger partial charge on any atom is -0.386 e. The van der Waals surface area contributed by atoms with Crippen LogP contribution in [-0.2, 0) is 21.6 Å². The van der Waals surface area contributed by atoms with E-state index in [1.165, 1.54) is 32.9 Å². The molecule has 1 atom stereocenters. The Labute approximate surface area is 192 Å². The third kappa shape index (κ3) is 4.61. The Hall–Kier alpha value is -2.53. The van der Waals surface area contributed by atoms with Crippen LogP contribution in [0.15, 0.2) is 35.5 Å². The van der Waals surface area contributed by atoms with Crippen LogP contribution >= 0.6 is 11.6 Å². The number of sulfone groups is 1. The van der Waals surface area contributed by atoms with Crippen molar-refractivity contribution in [3.8, 4) is 0 Å². The summed E-state index contributed by atoms with van der Waals surface area (Å²) in [6.07, 6.45) is -3.37. The van der Waals surface area contributed by atoms with Gasteiger partial charge in [0.25, 0.3) is 0 Å². The minimum atomic E-state index is -4.70. The van der Waals surface area contributed by atoms with Gasteiger partial charge in [-0.1, -0.05) is 17.7 Å². The monoisotopic (exact) mass is 507 g/mol. The van der Waals surface area contributed by atoms with Crippen LogP contribution in [0.5, 0.6) is 0 Å². The van der Waals surface area contributed by atoms with Crippen LogP contribution < -0.4 is 5.73 Å². The zero-order valence-electron chi connectivity index (χ0n) is 17.6. The van der Waals surface area contributed by atoms with Gasteiger partial charge in [-0.15, -0.1) is 0 Å². The molecule has 33 heavy (non-hydrogen) atoms. The number of benzene rings is 1. The van der Waals surface area contributed by atoms with Crippen molar-refractivity contribution >= 4 is 39.2 Å². The number of amidine groups is 1. The third-order valence-electron chi connectivity index (χ3n) is 5.49. The van der Waals surface area contributed by atoms with Crippen molar-refractivity contribution in [2.24, 2.45) is 10.7 Å². The van der Waals surface area contributed by atoms with Gasteiger partial charge in [-0.25, -0.2) is 17.2 Å². The summed E-state index contributed by atoms with van der Waals surface area (Å²) in [5, 5.41) is -0.564. The van der Waals surface area contributed by atoms with E-state index in [-0.39, 0.29) is 17.0 Å². The summed E-state index contributed by atoms with van der Waals surface area (Å²) >= 11 is 5.77. The van der Waals surface area contributed by atoms with Crippen LogP contribution in [0.3, 0.4) is 0 Å².